The Labute approximate surface area is 194 Å². The third kappa shape index (κ3) is 5.32. The van der Waals surface area contributed by atoms with Crippen molar-refractivity contribution in [3.05, 3.63) is 59.9 Å². The quantitative estimate of drug-likeness (QED) is 0.596. The van der Waals surface area contributed by atoms with Crippen LogP contribution in [0.5, 0.6) is 0 Å². The molecule has 1 aliphatic rings. The van der Waals surface area contributed by atoms with Crippen LogP contribution >= 0.6 is 0 Å². The first-order chi connectivity index (χ1) is 16.2. The average molecular weight is 473 g/mol. The number of hydrogen-bond acceptors (Lipinski definition) is 4. The summed E-state index contributed by atoms with van der Waals surface area (Å²) in [4.78, 5) is 36.0. The van der Waals surface area contributed by atoms with Crippen molar-refractivity contribution in [1.29, 1.82) is 0 Å². The van der Waals surface area contributed by atoms with E-state index in [0.29, 0.717) is 44.8 Å². The molecule has 0 spiro atoms. The number of para-hydroxylation sites is 1. The van der Waals surface area contributed by atoms with Crippen molar-refractivity contribution in [3.8, 4) is 0 Å². The highest BCUT2D eigenvalue weighted by molar-refractivity contribution is 5.89. The number of benzene rings is 1. The monoisotopic (exact) mass is 473 g/mol. The van der Waals surface area contributed by atoms with Crippen molar-refractivity contribution >= 4 is 28.5 Å². The zero-order valence-electron chi connectivity index (χ0n) is 18.7. The van der Waals surface area contributed by atoms with Crippen LogP contribution in [0.15, 0.2) is 48.8 Å². The predicted molar refractivity (Wildman–Crippen MR) is 122 cm³/mol. The van der Waals surface area contributed by atoms with Gasteiger partial charge in [0.05, 0.1) is 5.56 Å². The number of H-pyrrole nitrogens is 1. The summed E-state index contributed by atoms with van der Waals surface area (Å²) < 4.78 is 38.5. The minimum atomic E-state index is -4.43. The van der Waals surface area contributed by atoms with Gasteiger partial charge in [0.1, 0.15) is 11.9 Å². The number of fused-ring (bicyclic) bond motifs is 1. The summed E-state index contributed by atoms with van der Waals surface area (Å²) in [6, 6.07) is 9.43. The Hall–Kier alpha value is -3.56. The van der Waals surface area contributed by atoms with E-state index >= 15 is 0 Å². The highest BCUT2D eigenvalue weighted by Gasteiger charge is 2.31. The van der Waals surface area contributed by atoms with Gasteiger partial charge < -0.3 is 20.1 Å². The summed E-state index contributed by atoms with van der Waals surface area (Å²) in [5.74, 6) is -0.0224. The number of aromatic amines is 1. The summed E-state index contributed by atoms with van der Waals surface area (Å²) in [5, 5.41) is 3.79. The third-order valence-electron chi connectivity index (χ3n) is 5.98. The molecule has 10 heteroatoms. The Balaban J connectivity index is 1.45. The normalized spacial score (nSPS) is 15.8. The lowest BCUT2D eigenvalue weighted by molar-refractivity contribution is -0.137. The molecule has 3 heterocycles. The number of nitrogens with one attached hydrogen (secondary N) is 2. The van der Waals surface area contributed by atoms with Crippen LogP contribution in [0.3, 0.4) is 0 Å². The number of hydrogen-bond donors (Lipinski definition) is 2. The summed E-state index contributed by atoms with van der Waals surface area (Å²) in [5.41, 5.74) is 1.10. The Morgan fingerprint density at radius 2 is 1.91 bits per heavy atom. The number of carbonyl (C=O) groups is 2. The minimum absolute atomic E-state index is 0.178. The number of amides is 2. The van der Waals surface area contributed by atoms with Crippen LogP contribution in [0.4, 0.5) is 19.0 Å². The van der Waals surface area contributed by atoms with Gasteiger partial charge in [-0.05, 0) is 30.2 Å². The van der Waals surface area contributed by atoms with Gasteiger partial charge in [-0.3, -0.25) is 9.59 Å². The van der Waals surface area contributed by atoms with Crippen molar-refractivity contribution in [2.45, 2.75) is 32.0 Å². The van der Waals surface area contributed by atoms with Crippen molar-refractivity contribution in [2.75, 3.05) is 31.1 Å². The molecule has 0 radical (unpaired) electrons. The van der Waals surface area contributed by atoms with E-state index in [1.54, 1.807) is 4.90 Å². The topological polar surface area (TPSA) is 81.3 Å². The number of nitrogens with zero attached hydrogens (tertiary/aromatic N) is 3. The molecule has 2 aromatic heterocycles. The van der Waals surface area contributed by atoms with Crippen molar-refractivity contribution in [1.82, 2.24) is 20.2 Å². The average Bonchev–Trinajstić information content (AvgIpc) is 3.04. The molecule has 1 saturated heterocycles. The number of anilines is 1. The second-order valence-corrected chi connectivity index (χ2v) is 8.39. The van der Waals surface area contributed by atoms with Crippen LogP contribution in [0, 0.1) is 0 Å². The molecule has 0 aliphatic carbocycles. The fourth-order valence-electron chi connectivity index (χ4n) is 4.29. The standard InChI is InChI=1S/C24H26F3N5O2/c1-16(33)30-21(13-17-14-28-20-6-3-2-5-19(17)20)23(34)32-10-4-9-31(11-12-32)22-8-7-18(15-29-22)24(25,26)27/h2-3,5-8,14-15,21,28H,4,9-13H2,1H3,(H,30,33). The lowest BCUT2D eigenvalue weighted by Gasteiger charge is -2.27. The Bertz CT molecular complexity index is 1160. The maximum absolute atomic E-state index is 13.4. The second kappa shape index (κ2) is 9.74. The van der Waals surface area contributed by atoms with E-state index in [1.807, 2.05) is 35.4 Å². The predicted octanol–water partition coefficient (Wildman–Crippen LogP) is 3.37. The maximum atomic E-state index is 13.4. The molecule has 1 atom stereocenters. The molecular weight excluding hydrogens is 447 g/mol. The number of pyridine rings is 1. The van der Waals surface area contributed by atoms with Crippen LogP contribution in [0.2, 0.25) is 0 Å². The SMILES string of the molecule is CC(=O)NC(Cc1c[nH]c2ccccc12)C(=O)N1CCCN(c2ccc(C(F)(F)F)cn2)CC1. The van der Waals surface area contributed by atoms with Gasteiger partial charge in [0.2, 0.25) is 11.8 Å². The molecule has 0 saturated carbocycles. The fraction of sp³-hybridized carbons (Fsp3) is 0.375. The number of carbonyl (C=O) groups excluding carboxylic acids is 2. The van der Waals surface area contributed by atoms with Gasteiger partial charge in [-0.25, -0.2) is 4.98 Å². The number of alkyl halides is 3. The van der Waals surface area contributed by atoms with Crippen LogP contribution in [-0.2, 0) is 22.2 Å². The lowest BCUT2D eigenvalue weighted by Crippen LogP contribution is -2.50. The zero-order chi connectivity index (χ0) is 24.3. The van der Waals surface area contributed by atoms with Gasteiger partial charge in [-0.2, -0.15) is 13.2 Å². The van der Waals surface area contributed by atoms with Gasteiger partial charge in [0.25, 0.3) is 0 Å². The molecule has 180 valence electrons. The molecule has 7 nitrogen and oxygen atoms in total. The first-order valence-corrected chi connectivity index (χ1v) is 11.1. The molecular formula is C24H26F3N5O2. The first kappa shape index (κ1) is 23.6. The van der Waals surface area contributed by atoms with Gasteiger partial charge >= 0.3 is 6.18 Å². The zero-order valence-corrected chi connectivity index (χ0v) is 18.7. The van der Waals surface area contributed by atoms with Crippen molar-refractivity contribution < 1.29 is 22.8 Å². The maximum Gasteiger partial charge on any atom is 0.417 e. The van der Waals surface area contributed by atoms with E-state index in [2.05, 4.69) is 15.3 Å². The Morgan fingerprint density at radius 1 is 1.12 bits per heavy atom. The second-order valence-electron chi connectivity index (χ2n) is 8.39. The highest BCUT2D eigenvalue weighted by atomic mass is 19.4. The molecule has 1 fully saturated rings. The third-order valence-corrected chi connectivity index (χ3v) is 5.98. The van der Waals surface area contributed by atoms with Crippen molar-refractivity contribution in [2.24, 2.45) is 0 Å². The molecule has 1 aromatic carbocycles. The molecule has 3 aromatic rings. The molecule has 0 bridgehead atoms. The molecule has 34 heavy (non-hydrogen) atoms. The summed E-state index contributed by atoms with van der Waals surface area (Å²) in [7, 11) is 0. The summed E-state index contributed by atoms with van der Waals surface area (Å²) in [6.45, 7) is 3.25. The van der Waals surface area contributed by atoms with Crippen LogP contribution in [0.25, 0.3) is 10.9 Å². The molecule has 1 unspecified atom stereocenters. The van der Waals surface area contributed by atoms with Crippen LogP contribution < -0.4 is 10.2 Å². The van der Waals surface area contributed by atoms with Gasteiger partial charge in [0, 0.05) is 62.8 Å². The summed E-state index contributed by atoms with van der Waals surface area (Å²) >= 11 is 0. The van der Waals surface area contributed by atoms with E-state index in [9.17, 15) is 22.8 Å². The Kier molecular flexibility index (Phi) is 6.76. The van der Waals surface area contributed by atoms with E-state index in [0.717, 1.165) is 28.7 Å². The fourth-order valence-corrected chi connectivity index (χ4v) is 4.29. The van der Waals surface area contributed by atoms with E-state index in [-0.39, 0.29) is 11.8 Å². The number of aromatic nitrogens is 2. The lowest BCUT2D eigenvalue weighted by atomic mass is 10.0. The molecule has 2 amide bonds. The van der Waals surface area contributed by atoms with Gasteiger partial charge in [0.15, 0.2) is 0 Å². The van der Waals surface area contributed by atoms with Gasteiger partial charge in [-0.1, -0.05) is 18.2 Å². The highest BCUT2D eigenvalue weighted by Crippen LogP contribution is 2.29. The minimum Gasteiger partial charge on any atom is -0.361 e. The smallest absolute Gasteiger partial charge is 0.361 e. The molecule has 2 N–H and O–H groups in total. The van der Waals surface area contributed by atoms with E-state index in [1.165, 1.54) is 13.0 Å². The molecule has 1 aliphatic heterocycles. The Morgan fingerprint density at radius 3 is 2.62 bits per heavy atom. The number of rotatable bonds is 5. The van der Waals surface area contributed by atoms with Crippen LogP contribution in [0.1, 0.15) is 24.5 Å². The molecule has 4 rings (SSSR count). The van der Waals surface area contributed by atoms with E-state index < -0.39 is 17.8 Å². The summed E-state index contributed by atoms with van der Waals surface area (Å²) in [6.07, 6.45) is -0.765. The van der Waals surface area contributed by atoms with Gasteiger partial charge in [-0.15, -0.1) is 0 Å². The number of halogens is 3. The largest absolute Gasteiger partial charge is 0.417 e. The van der Waals surface area contributed by atoms with E-state index in [4.69, 9.17) is 0 Å². The van der Waals surface area contributed by atoms with Crippen molar-refractivity contribution in [3.63, 3.8) is 0 Å². The first-order valence-electron chi connectivity index (χ1n) is 11.1. The van der Waals surface area contributed by atoms with Crippen LogP contribution in [-0.4, -0.2) is 58.9 Å².